The van der Waals surface area contributed by atoms with Crippen LogP contribution < -0.4 is 11.1 Å². The Morgan fingerprint density at radius 3 is 2.75 bits per heavy atom. The van der Waals surface area contributed by atoms with Crippen molar-refractivity contribution in [3.63, 3.8) is 0 Å². The maximum Gasteiger partial charge on any atom is 0.277 e. The number of carbonyl (C=O) groups is 2. The molecule has 1 aliphatic heterocycles. The molecule has 1 aromatic carbocycles. The minimum absolute atomic E-state index is 0.177. The third kappa shape index (κ3) is 4.34. The van der Waals surface area contributed by atoms with Crippen molar-refractivity contribution < 1.29 is 18.4 Å². The van der Waals surface area contributed by atoms with Crippen LogP contribution >= 0.6 is 23.2 Å². The van der Waals surface area contributed by atoms with Crippen molar-refractivity contribution in [1.29, 1.82) is 0 Å². The zero-order chi connectivity index (χ0) is 17.9. The van der Waals surface area contributed by atoms with E-state index in [0.29, 0.717) is 24.4 Å². The van der Waals surface area contributed by atoms with Crippen molar-refractivity contribution in [2.45, 2.75) is 24.8 Å². The van der Waals surface area contributed by atoms with Crippen LogP contribution in [0.5, 0.6) is 0 Å². The lowest BCUT2D eigenvalue weighted by molar-refractivity contribution is -0.126. The van der Waals surface area contributed by atoms with Gasteiger partial charge in [0.2, 0.25) is 5.91 Å². The maximum atomic E-state index is 13.2. The van der Waals surface area contributed by atoms with Crippen LogP contribution in [0.1, 0.15) is 23.2 Å². The monoisotopic (exact) mass is 379 g/mol. The van der Waals surface area contributed by atoms with Crippen molar-refractivity contribution in [2.75, 3.05) is 19.6 Å². The van der Waals surface area contributed by atoms with Gasteiger partial charge in [0.15, 0.2) is 0 Å². The fourth-order valence-corrected chi connectivity index (χ4v) is 2.88. The summed E-state index contributed by atoms with van der Waals surface area (Å²) in [5, 5.41) is 2.71. The summed E-state index contributed by atoms with van der Waals surface area (Å²) in [5.74, 6) is -4.27. The van der Waals surface area contributed by atoms with Crippen molar-refractivity contribution in [3.05, 3.63) is 33.8 Å². The topological polar surface area (TPSA) is 75.4 Å². The predicted molar refractivity (Wildman–Crippen MR) is 87.5 cm³/mol. The minimum atomic E-state index is -3.18. The quantitative estimate of drug-likeness (QED) is 0.823. The highest BCUT2D eigenvalue weighted by atomic mass is 35.5. The molecular weight excluding hydrogens is 363 g/mol. The second kappa shape index (κ2) is 7.63. The molecular formula is C15H17Cl2F2N3O2. The molecule has 3 N–H and O–H groups in total. The van der Waals surface area contributed by atoms with E-state index >= 15 is 0 Å². The number of likely N-dealkylation sites (tertiary alicyclic amines) is 1. The van der Waals surface area contributed by atoms with E-state index in [1.807, 2.05) is 0 Å². The van der Waals surface area contributed by atoms with Gasteiger partial charge in [0.1, 0.15) is 6.04 Å². The lowest BCUT2D eigenvalue weighted by Crippen LogP contribution is -2.49. The number of benzene rings is 1. The highest BCUT2D eigenvalue weighted by molar-refractivity contribution is 6.35. The molecule has 2 rings (SSSR count). The van der Waals surface area contributed by atoms with Gasteiger partial charge in [-0.25, -0.2) is 8.78 Å². The van der Waals surface area contributed by atoms with Crippen molar-refractivity contribution in [1.82, 2.24) is 10.2 Å². The van der Waals surface area contributed by atoms with Gasteiger partial charge in [-0.3, -0.25) is 9.59 Å². The molecule has 24 heavy (non-hydrogen) atoms. The largest absolute Gasteiger partial charge is 0.348 e. The number of alkyl halides is 2. The summed E-state index contributed by atoms with van der Waals surface area (Å²) in [6.07, 6.45) is 0.985. The van der Waals surface area contributed by atoms with Crippen molar-refractivity contribution in [2.24, 2.45) is 5.73 Å². The molecule has 132 valence electrons. The zero-order valence-electron chi connectivity index (χ0n) is 12.7. The highest BCUT2D eigenvalue weighted by Crippen LogP contribution is 2.26. The van der Waals surface area contributed by atoms with Gasteiger partial charge in [0.25, 0.3) is 11.8 Å². The molecule has 1 aliphatic rings. The van der Waals surface area contributed by atoms with E-state index in [2.05, 4.69) is 5.32 Å². The minimum Gasteiger partial charge on any atom is -0.348 e. The van der Waals surface area contributed by atoms with E-state index in [0.717, 1.165) is 0 Å². The van der Waals surface area contributed by atoms with E-state index in [4.69, 9.17) is 28.9 Å². The second-order valence-corrected chi connectivity index (χ2v) is 6.40. The van der Waals surface area contributed by atoms with Crippen LogP contribution in [0.3, 0.4) is 0 Å². The number of rotatable bonds is 5. The molecule has 0 radical (unpaired) electrons. The molecule has 0 aromatic heterocycles. The first-order valence-electron chi connectivity index (χ1n) is 7.37. The Balaban J connectivity index is 2.11. The first-order valence-corrected chi connectivity index (χ1v) is 8.12. The summed E-state index contributed by atoms with van der Waals surface area (Å²) in [6.45, 7) is -1.38. The van der Waals surface area contributed by atoms with Crippen LogP contribution in [0.2, 0.25) is 10.0 Å². The van der Waals surface area contributed by atoms with Gasteiger partial charge in [-0.05, 0) is 31.0 Å². The normalized spacial score (nSPS) is 17.9. The summed E-state index contributed by atoms with van der Waals surface area (Å²) >= 11 is 11.9. The Morgan fingerprint density at radius 2 is 2.08 bits per heavy atom. The number of nitrogens with zero attached hydrogens (tertiary/aromatic N) is 1. The number of nitrogens with two attached hydrogens (primary N) is 1. The van der Waals surface area contributed by atoms with Gasteiger partial charge in [0, 0.05) is 11.6 Å². The van der Waals surface area contributed by atoms with E-state index < -0.39 is 36.9 Å². The molecule has 1 heterocycles. The van der Waals surface area contributed by atoms with Gasteiger partial charge in [-0.15, -0.1) is 0 Å². The van der Waals surface area contributed by atoms with Gasteiger partial charge >= 0.3 is 0 Å². The molecule has 0 bridgehead atoms. The maximum absolute atomic E-state index is 13.2. The van der Waals surface area contributed by atoms with Gasteiger partial charge in [0.05, 0.1) is 23.7 Å². The number of amides is 2. The fourth-order valence-electron chi connectivity index (χ4n) is 2.50. The highest BCUT2D eigenvalue weighted by Gasteiger charge is 2.36. The predicted octanol–water partition coefficient (Wildman–Crippen LogP) is 2.31. The Bertz CT molecular complexity index is 643. The van der Waals surface area contributed by atoms with Gasteiger partial charge < -0.3 is 16.0 Å². The Labute approximate surface area is 148 Å². The molecule has 9 heteroatoms. The first kappa shape index (κ1) is 18.9. The van der Waals surface area contributed by atoms with E-state index in [1.54, 1.807) is 6.07 Å². The SMILES string of the molecule is NCC(F)(F)CNC(=O)C1CCCN1C(=O)c1cc(Cl)ccc1Cl. The van der Waals surface area contributed by atoms with E-state index in [-0.39, 0.29) is 10.6 Å². The number of halogens is 4. The molecule has 0 aliphatic carbocycles. The first-order chi connectivity index (χ1) is 11.2. The third-order valence-corrected chi connectivity index (χ3v) is 4.36. The number of carbonyl (C=O) groups excluding carboxylic acids is 2. The molecule has 1 unspecified atom stereocenters. The van der Waals surface area contributed by atoms with Crippen molar-refractivity contribution in [3.8, 4) is 0 Å². The smallest absolute Gasteiger partial charge is 0.277 e. The van der Waals surface area contributed by atoms with E-state index in [9.17, 15) is 18.4 Å². The molecule has 5 nitrogen and oxygen atoms in total. The third-order valence-electron chi connectivity index (χ3n) is 3.80. The fraction of sp³-hybridized carbons (Fsp3) is 0.467. The van der Waals surface area contributed by atoms with Crippen LogP contribution in [0.25, 0.3) is 0 Å². The van der Waals surface area contributed by atoms with Crippen LogP contribution in [-0.2, 0) is 4.79 Å². The number of hydrogen-bond acceptors (Lipinski definition) is 3. The average Bonchev–Trinajstić information content (AvgIpc) is 3.04. The Hall–Kier alpha value is -1.44. The number of nitrogens with one attached hydrogen (secondary N) is 1. The molecule has 0 spiro atoms. The summed E-state index contributed by atoms with van der Waals surface area (Å²) in [7, 11) is 0. The molecule has 0 saturated carbocycles. The van der Waals surface area contributed by atoms with Crippen LogP contribution in [0.15, 0.2) is 18.2 Å². The molecule has 1 atom stereocenters. The van der Waals surface area contributed by atoms with Crippen LogP contribution in [-0.4, -0.2) is 48.3 Å². The van der Waals surface area contributed by atoms with Gasteiger partial charge in [-0.2, -0.15) is 0 Å². The summed E-state index contributed by atoms with van der Waals surface area (Å²) in [4.78, 5) is 26.1. The molecule has 1 aromatic rings. The summed E-state index contributed by atoms with van der Waals surface area (Å²) < 4.78 is 26.3. The average molecular weight is 380 g/mol. The van der Waals surface area contributed by atoms with Crippen molar-refractivity contribution >= 4 is 35.0 Å². The van der Waals surface area contributed by atoms with Gasteiger partial charge in [-0.1, -0.05) is 23.2 Å². The lowest BCUT2D eigenvalue weighted by Gasteiger charge is -2.25. The van der Waals surface area contributed by atoms with Crippen LogP contribution in [0, 0.1) is 0 Å². The summed E-state index contributed by atoms with van der Waals surface area (Å²) in [6, 6.07) is 3.64. The molecule has 1 fully saturated rings. The Morgan fingerprint density at radius 1 is 1.38 bits per heavy atom. The zero-order valence-corrected chi connectivity index (χ0v) is 14.2. The summed E-state index contributed by atoms with van der Waals surface area (Å²) in [5.41, 5.74) is 5.11. The lowest BCUT2D eigenvalue weighted by atomic mass is 10.1. The molecule has 2 amide bonds. The molecule has 1 saturated heterocycles. The van der Waals surface area contributed by atoms with E-state index in [1.165, 1.54) is 17.0 Å². The second-order valence-electron chi connectivity index (χ2n) is 5.56. The van der Waals surface area contributed by atoms with Crippen LogP contribution in [0.4, 0.5) is 8.78 Å². The Kier molecular flexibility index (Phi) is 6.01. The standard InChI is InChI=1S/C15H17Cl2F2N3O2/c16-9-3-4-11(17)10(6-9)14(24)22-5-1-2-12(22)13(23)21-8-15(18,19)7-20/h3-4,6,12H,1-2,5,7-8,20H2,(H,21,23). The number of hydrogen-bond donors (Lipinski definition) is 2.